The van der Waals surface area contributed by atoms with Crippen LogP contribution in [-0.2, 0) is 10.2 Å². The van der Waals surface area contributed by atoms with Gasteiger partial charge in [0.05, 0.1) is 12.6 Å². The maximum Gasteiger partial charge on any atom is 0.221 e. The molecule has 2 rings (SSSR count). The molecule has 6 nitrogen and oxygen atoms in total. The summed E-state index contributed by atoms with van der Waals surface area (Å²) in [6, 6.07) is 8.41. The normalized spacial score (nSPS) is 16.0. The molecular weight excluding hydrogens is 491 g/mol. The smallest absolute Gasteiger partial charge is 0.221 e. The zero-order chi connectivity index (χ0) is 21.3. The fraction of sp³-hybridized carbons (Fsp3) is 0.652. The van der Waals surface area contributed by atoms with E-state index in [1.807, 2.05) is 19.1 Å². The molecule has 30 heavy (non-hydrogen) atoms. The van der Waals surface area contributed by atoms with E-state index >= 15 is 0 Å². The van der Waals surface area contributed by atoms with Crippen molar-refractivity contribution in [2.45, 2.75) is 77.4 Å². The van der Waals surface area contributed by atoms with E-state index in [-0.39, 0.29) is 41.8 Å². The van der Waals surface area contributed by atoms with Gasteiger partial charge < -0.3 is 21.1 Å². The number of benzene rings is 1. The van der Waals surface area contributed by atoms with Crippen molar-refractivity contribution in [2.24, 2.45) is 4.99 Å². The number of nitrogens with zero attached hydrogens (tertiary/aromatic N) is 1. The van der Waals surface area contributed by atoms with Crippen LogP contribution >= 0.6 is 24.0 Å². The second kappa shape index (κ2) is 13.1. The molecule has 1 atom stereocenters. The van der Waals surface area contributed by atoms with Crippen LogP contribution in [0.25, 0.3) is 0 Å². The van der Waals surface area contributed by atoms with Gasteiger partial charge in [0, 0.05) is 25.6 Å². The lowest BCUT2D eigenvalue weighted by Gasteiger charge is -2.20. The predicted molar refractivity (Wildman–Crippen MR) is 135 cm³/mol. The number of amides is 1. The number of carbonyl (C=O) groups excluding carboxylic acids is 1. The van der Waals surface area contributed by atoms with E-state index in [1.54, 1.807) is 0 Å². The average Bonchev–Trinajstić information content (AvgIpc) is 3.18. The summed E-state index contributed by atoms with van der Waals surface area (Å²) in [5.74, 6) is 0.700. The summed E-state index contributed by atoms with van der Waals surface area (Å²) in [6.07, 6.45) is 4.36. The van der Waals surface area contributed by atoms with E-state index in [4.69, 9.17) is 0 Å². The van der Waals surface area contributed by atoms with E-state index in [9.17, 15) is 9.90 Å². The summed E-state index contributed by atoms with van der Waals surface area (Å²) in [5, 5.41) is 19.9. The third-order valence-corrected chi connectivity index (χ3v) is 5.29. The second-order valence-electron chi connectivity index (χ2n) is 8.83. The Bertz CT molecular complexity index is 665. The van der Waals surface area contributed by atoms with Crippen LogP contribution in [0.15, 0.2) is 29.3 Å². The molecule has 1 fully saturated rings. The molecule has 0 aliphatic heterocycles. The van der Waals surface area contributed by atoms with Crippen LogP contribution in [0.1, 0.15) is 77.0 Å². The van der Waals surface area contributed by atoms with Crippen molar-refractivity contribution < 1.29 is 9.90 Å². The first-order valence-corrected chi connectivity index (χ1v) is 10.9. The summed E-state index contributed by atoms with van der Waals surface area (Å²) in [4.78, 5) is 16.5. The van der Waals surface area contributed by atoms with Crippen molar-refractivity contribution in [3.05, 3.63) is 35.4 Å². The maximum atomic E-state index is 12.0. The molecule has 1 aliphatic rings. The van der Waals surface area contributed by atoms with Crippen molar-refractivity contribution in [1.82, 2.24) is 16.0 Å². The molecule has 0 heterocycles. The predicted octanol–water partition coefficient (Wildman–Crippen LogP) is 3.64. The molecule has 4 N–H and O–H groups in total. The molecular formula is C23H39IN4O2. The molecule has 0 bridgehead atoms. The van der Waals surface area contributed by atoms with Crippen molar-refractivity contribution >= 4 is 35.8 Å². The first-order valence-electron chi connectivity index (χ1n) is 10.9. The summed E-state index contributed by atoms with van der Waals surface area (Å²) >= 11 is 0. The number of aliphatic imine (C=N–C) groups is 1. The minimum Gasteiger partial charge on any atom is -0.386 e. The van der Waals surface area contributed by atoms with E-state index < -0.39 is 6.10 Å². The molecule has 0 spiro atoms. The lowest BCUT2D eigenvalue weighted by Crippen LogP contribution is -2.40. The highest BCUT2D eigenvalue weighted by Crippen LogP contribution is 2.24. The largest absolute Gasteiger partial charge is 0.386 e. The Kier molecular flexibility index (Phi) is 11.7. The van der Waals surface area contributed by atoms with Gasteiger partial charge in [0.1, 0.15) is 0 Å². The van der Waals surface area contributed by atoms with Crippen LogP contribution in [0.4, 0.5) is 0 Å². The molecule has 170 valence electrons. The first kappa shape index (κ1) is 26.7. The van der Waals surface area contributed by atoms with Gasteiger partial charge in [0.25, 0.3) is 0 Å². The van der Waals surface area contributed by atoms with E-state index in [0.29, 0.717) is 25.0 Å². The maximum absolute atomic E-state index is 12.0. The molecule has 0 aromatic heterocycles. The molecule has 1 amide bonds. The highest BCUT2D eigenvalue weighted by Gasteiger charge is 2.17. The molecule has 1 aromatic carbocycles. The number of hydrogen-bond donors (Lipinski definition) is 4. The second-order valence-corrected chi connectivity index (χ2v) is 8.83. The van der Waals surface area contributed by atoms with E-state index in [0.717, 1.165) is 24.9 Å². The van der Waals surface area contributed by atoms with E-state index in [1.165, 1.54) is 18.4 Å². The lowest BCUT2D eigenvalue weighted by molar-refractivity contribution is -0.121. The zero-order valence-electron chi connectivity index (χ0n) is 18.8. The van der Waals surface area contributed by atoms with Crippen molar-refractivity contribution in [3.63, 3.8) is 0 Å². The Hall–Kier alpha value is -1.35. The van der Waals surface area contributed by atoms with Gasteiger partial charge in [0.15, 0.2) is 5.96 Å². The number of aliphatic hydroxyl groups is 1. The number of rotatable bonds is 8. The number of guanidine groups is 1. The number of aliphatic hydroxyl groups excluding tert-OH is 1. The van der Waals surface area contributed by atoms with Crippen LogP contribution < -0.4 is 16.0 Å². The van der Waals surface area contributed by atoms with Crippen molar-refractivity contribution in [2.75, 3.05) is 19.6 Å². The highest BCUT2D eigenvalue weighted by molar-refractivity contribution is 14.0. The van der Waals surface area contributed by atoms with Crippen LogP contribution in [-0.4, -0.2) is 42.6 Å². The highest BCUT2D eigenvalue weighted by atomic mass is 127. The Morgan fingerprint density at radius 2 is 1.80 bits per heavy atom. The van der Waals surface area contributed by atoms with Gasteiger partial charge in [-0.3, -0.25) is 9.79 Å². The quantitative estimate of drug-likeness (QED) is 0.235. The SMILES string of the molecule is CCNC(=NCC(O)c1ccc(C(C)(C)C)cc1)NCCC(=O)NC1CCCC1.I. The lowest BCUT2D eigenvalue weighted by atomic mass is 9.86. The number of nitrogens with one attached hydrogen (secondary N) is 3. The van der Waals surface area contributed by atoms with Gasteiger partial charge in [-0.15, -0.1) is 24.0 Å². The van der Waals surface area contributed by atoms with E-state index in [2.05, 4.69) is 53.8 Å². The summed E-state index contributed by atoms with van der Waals surface area (Å²) in [6.45, 7) is 10.0. The molecule has 1 saturated carbocycles. The van der Waals surface area contributed by atoms with Crippen molar-refractivity contribution in [3.8, 4) is 0 Å². The van der Waals surface area contributed by atoms with Gasteiger partial charge in [-0.25, -0.2) is 0 Å². The van der Waals surface area contributed by atoms with Gasteiger partial charge in [0.2, 0.25) is 5.91 Å². The van der Waals surface area contributed by atoms with Crippen LogP contribution in [0, 0.1) is 0 Å². The van der Waals surface area contributed by atoms with Gasteiger partial charge in [-0.05, 0) is 36.3 Å². The Labute approximate surface area is 198 Å². The van der Waals surface area contributed by atoms with Crippen LogP contribution in [0.3, 0.4) is 0 Å². The fourth-order valence-corrected chi connectivity index (χ4v) is 3.49. The molecule has 1 unspecified atom stereocenters. The number of halogens is 1. The fourth-order valence-electron chi connectivity index (χ4n) is 3.49. The third-order valence-electron chi connectivity index (χ3n) is 5.29. The molecule has 0 radical (unpaired) electrons. The molecule has 0 saturated heterocycles. The molecule has 7 heteroatoms. The standard InChI is InChI=1S/C23H38N4O2.HI/c1-5-24-22(25-15-14-21(29)27-19-8-6-7-9-19)26-16-20(28)17-10-12-18(13-11-17)23(2,3)4;/h10-13,19-20,28H,5-9,14-16H2,1-4H3,(H,27,29)(H2,24,25,26);1H. The minimum absolute atomic E-state index is 0. The monoisotopic (exact) mass is 530 g/mol. The average molecular weight is 530 g/mol. The zero-order valence-corrected chi connectivity index (χ0v) is 21.2. The molecule has 1 aliphatic carbocycles. The Morgan fingerprint density at radius 3 is 2.37 bits per heavy atom. The Morgan fingerprint density at radius 1 is 1.17 bits per heavy atom. The number of hydrogen-bond acceptors (Lipinski definition) is 3. The minimum atomic E-state index is -0.662. The Balaban J connectivity index is 0.00000450. The molecule has 1 aromatic rings. The third kappa shape index (κ3) is 9.20. The number of carbonyl (C=O) groups is 1. The topological polar surface area (TPSA) is 85.8 Å². The van der Waals surface area contributed by atoms with Gasteiger partial charge >= 0.3 is 0 Å². The van der Waals surface area contributed by atoms with Crippen LogP contribution in [0.5, 0.6) is 0 Å². The summed E-state index contributed by atoms with van der Waals surface area (Å²) < 4.78 is 0. The summed E-state index contributed by atoms with van der Waals surface area (Å²) in [7, 11) is 0. The van der Waals surface area contributed by atoms with Gasteiger partial charge in [-0.1, -0.05) is 57.9 Å². The van der Waals surface area contributed by atoms with Gasteiger partial charge in [-0.2, -0.15) is 0 Å². The van der Waals surface area contributed by atoms with Crippen LogP contribution in [0.2, 0.25) is 0 Å². The van der Waals surface area contributed by atoms with Crippen molar-refractivity contribution in [1.29, 1.82) is 0 Å². The first-order chi connectivity index (χ1) is 13.8. The summed E-state index contributed by atoms with van der Waals surface area (Å²) in [5.41, 5.74) is 2.18.